The Morgan fingerprint density at radius 1 is 0.783 bits per heavy atom. The highest BCUT2D eigenvalue weighted by Crippen LogP contribution is 2.12. The van der Waals surface area contributed by atoms with Gasteiger partial charge in [-0.05, 0) is 53.5 Å². The van der Waals surface area contributed by atoms with Crippen LogP contribution in [0.15, 0.2) is 43.0 Å². The first-order valence-corrected chi connectivity index (χ1v) is 15.2. The van der Waals surface area contributed by atoms with E-state index < -0.39 is 72.1 Å². The van der Waals surface area contributed by atoms with Crippen molar-refractivity contribution in [2.75, 3.05) is 13.2 Å². The molecule has 1 unspecified atom stereocenters. The number of amides is 3. The predicted molar refractivity (Wildman–Crippen MR) is 171 cm³/mol. The fraction of sp³-hybridized carbons (Fsp3) is 0.576. The van der Waals surface area contributed by atoms with Crippen molar-refractivity contribution in [1.29, 1.82) is 0 Å². The molecule has 0 fully saturated rings. The standard InChI is InChI=1S/C30H43N3O10.C3H8/c1-8-16-40-25(36)18-31-26(37)21(14-15-23(34)42-29(2,3)4)32-27(38)22(17-24(35)43-30(5,6)7)33-28(39)41-19-20-12-10-9-11-13-20;1-3-2/h8-13,21-22H,1,14-19H2,2-7H3,(H,31,37)(H,32,38)(H,33,39);3H2,1-2H3/t21?,22-;/m0./s1. The topological polar surface area (TPSA) is 175 Å². The summed E-state index contributed by atoms with van der Waals surface area (Å²) in [4.78, 5) is 75.6. The quantitative estimate of drug-likeness (QED) is 0.144. The van der Waals surface area contributed by atoms with Crippen molar-refractivity contribution < 1.29 is 47.7 Å². The summed E-state index contributed by atoms with van der Waals surface area (Å²) in [6.45, 7) is 16.9. The van der Waals surface area contributed by atoms with E-state index in [4.69, 9.17) is 18.9 Å². The molecule has 0 aromatic heterocycles. The predicted octanol–water partition coefficient (Wildman–Crippen LogP) is 3.88. The third kappa shape index (κ3) is 21.3. The van der Waals surface area contributed by atoms with E-state index in [1.165, 1.54) is 12.5 Å². The maximum absolute atomic E-state index is 13.3. The highest BCUT2D eigenvalue weighted by Gasteiger charge is 2.31. The summed E-state index contributed by atoms with van der Waals surface area (Å²) in [5.74, 6) is -3.92. The number of alkyl carbamates (subject to hydrolysis) is 1. The van der Waals surface area contributed by atoms with Crippen molar-refractivity contribution in [3.8, 4) is 0 Å². The summed E-state index contributed by atoms with van der Waals surface area (Å²) in [7, 11) is 0. The molecule has 0 bridgehead atoms. The van der Waals surface area contributed by atoms with Gasteiger partial charge in [-0.1, -0.05) is 63.3 Å². The van der Waals surface area contributed by atoms with Crippen molar-refractivity contribution in [1.82, 2.24) is 16.0 Å². The molecule has 2 atom stereocenters. The van der Waals surface area contributed by atoms with E-state index >= 15 is 0 Å². The molecular weight excluding hydrogens is 598 g/mol. The Morgan fingerprint density at radius 2 is 1.35 bits per heavy atom. The van der Waals surface area contributed by atoms with Crippen LogP contribution in [0.25, 0.3) is 0 Å². The van der Waals surface area contributed by atoms with Gasteiger partial charge in [0.2, 0.25) is 11.8 Å². The first-order chi connectivity index (χ1) is 21.4. The van der Waals surface area contributed by atoms with Gasteiger partial charge in [0, 0.05) is 6.42 Å². The molecule has 258 valence electrons. The smallest absolute Gasteiger partial charge is 0.408 e. The number of nitrogens with one attached hydrogen (secondary N) is 3. The maximum Gasteiger partial charge on any atom is 0.408 e. The van der Waals surface area contributed by atoms with E-state index in [0.717, 1.165) is 0 Å². The Hall–Kier alpha value is -4.42. The first-order valence-electron chi connectivity index (χ1n) is 15.2. The highest BCUT2D eigenvalue weighted by molar-refractivity contribution is 5.94. The molecule has 0 aliphatic heterocycles. The van der Waals surface area contributed by atoms with Gasteiger partial charge < -0.3 is 34.9 Å². The molecule has 0 heterocycles. The average molecular weight is 650 g/mol. The van der Waals surface area contributed by atoms with E-state index in [0.29, 0.717) is 5.56 Å². The molecule has 0 saturated carbocycles. The van der Waals surface area contributed by atoms with E-state index in [9.17, 15) is 28.8 Å². The lowest BCUT2D eigenvalue weighted by Gasteiger charge is -2.25. The average Bonchev–Trinajstić information content (AvgIpc) is 2.94. The van der Waals surface area contributed by atoms with E-state index in [2.05, 4.69) is 36.4 Å². The minimum Gasteiger partial charge on any atom is -0.460 e. The summed E-state index contributed by atoms with van der Waals surface area (Å²) < 4.78 is 20.6. The molecule has 1 aromatic carbocycles. The fourth-order valence-electron chi connectivity index (χ4n) is 3.35. The molecule has 13 heteroatoms. The van der Waals surface area contributed by atoms with E-state index in [1.54, 1.807) is 71.9 Å². The lowest BCUT2D eigenvalue weighted by atomic mass is 10.1. The molecule has 3 N–H and O–H groups in total. The van der Waals surface area contributed by atoms with Crippen LogP contribution >= 0.6 is 0 Å². The molecule has 0 saturated heterocycles. The van der Waals surface area contributed by atoms with Crippen LogP contribution in [0.3, 0.4) is 0 Å². The Kier molecular flexibility index (Phi) is 19.3. The molecular formula is C33H51N3O10. The molecule has 3 amide bonds. The molecule has 0 spiro atoms. The van der Waals surface area contributed by atoms with Crippen molar-refractivity contribution in [2.45, 2.75) is 111 Å². The number of ether oxygens (including phenoxy) is 4. The molecule has 13 nitrogen and oxygen atoms in total. The third-order valence-electron chi connectivity index (χ3n) is 5.07. The minimum atomic E-state index is -1.51. The summed E-state index contributed by atoms with van der Waals surface area (Å²) in [6, 6.07) is 5.93. The van der Waals surface area contributed by atoms with Gasteiger partial charge in [0.15, 0.2) is 0 Å². The summed E-state index contributed by atoms with van der Waals surface area (Å²) in [5, 5.41) is 7.12. The van der Waals surface area contributed by atoms with Crippen LogP contribution in [-0.2, 0) is 49.5 Å². The Labute approximate surface area is 272 Å². The van der Waals surface area contributed by atoms with E-state index in [1.807, 2.05) is 0 Å². The fourth-order valence-corrected chi connectivity index (χ4v) is 3.35. The molecule has 1 aromatic rings. The van der Waals surface area contributed by atoms with Crippen LogP contribution in [0.1, 0.15) is 86.6 Å². The van der Waals surface area contributed by atoms with Crippen molar-refractivity contribution in [3.63, 3.8) is 0 Å². The van der Waals surface area contributed by atoms with Gasteiger partial charge in [-0.3, -0.25) is 24.0 Å². The van der Waals surface area contributed by atoms with E-state index in [-0.39, 0.29) is 26.1 Å². The van der Waals surface area contributed by atoms with Gasteiger partial charge in [-0.15, -0.1) is 0 Å². The van der Waals surface area contributed by atoms with Crippen LogP contribution in [-0.4, -0.2) is 72.3 Å². The number of hydrogen-bond donors (Lipinski definition) is 3. The number of carbonyl (C=O) groups is 6. The third-order valence-corrected chi connectivity index (χ3v) is 5.07. The van der Waals surface area contributed by atoms with Gasteiger partial charge in [-0.2, -0.15) is 0 Å². The zero-order chi connectivity index (χ0) is 35.3. The molecule has 0 aliphatic rings. The van der Waals surface area contributed by atoms with Gasteiger partial charge in [0.1, 0.15) is 43.0 Å². The van der Waals surface area contributed by atoms with Gasteiger partial charge in [0.25, 0.3) is 0 Å². The number of benzene rings is 1. The molecule has 46 heavy (non-hydrogen) atoms. The SMILES string of the molecule is C=CCOC(=O)CNC(=O)C(CCC(=O)OC(C)(C)C)NC(=O)[C@H](CC(=O)OC(C)(C)C)NC(=O)OCc1ccccc1.CCC. The number of rotatable bonds is 15. The van der Waals surface area contributed by atoms with Crippen LogP contribution < -0.4 is 16.0 Å². The Balaban J connectivity index is 0.00000647. The monoisotopic (exact) mass is 649 g/mol. The summed E-state index contributed by atoms with van der Waals surface area (Å²) in [5.41, 5.74) is -0.964. The second kappa shape index (κ2) is 21.3. The highest BCUT2D eigenvalue weighted by atomic mass is 16.6. The van der Waals surface area contributed by atoms with Crippen LogP contribution in [0.4, 0.5) is 4.79 Å². The number of carbonyl (C=O) groups excluding carboxylic acids is 6. The number of esters is 3. The minimum absolute atomic E-state index is 0.0636. The van der Waals surface area contributed by atoms with Crippen molar-refractivity contribution in [3.05, 3.63) is 48.6 Å². The Bertz CT molecular complexity index is 1140. The van der Waals surface area contributed by atoms with Gasteiger partial charge >= 0.3 is 24.0 Å². The Morgan fingerprint density at radius 3 is 1.89 bits per heavy atom. The zero-order valence-electron chi connectivity index (χ0n) is 28.4. The maximum atomic E-state index is 13.3. The van der Waals surface area contributed by atoms with Gasteiger partial charge in [0.05, 0.1) is 6.42 Å². The normalized spacial score (nSPS) is 12.1. The summed E-state index contributed by atoms with van der Waals surface area (Å²) in [6.07, 6.45) is 0.544. The number of hydrogen-bond acceptors (Lipinski definition) is 10. The lowest BCUT2D eigenvalue weighted by molar-refractivity contribution is -0.156. The second-order valence-corrected chi connectivity index (χ2v) is 12.1. The second-order valence-electron chi connectivity index (χ2n) is 12.1. The zero-order valence-corrected chi connectivity index (χ0v) is 28.4. The largest absolute Gasteiger partial charge is 0.460 e. The van der Waals surface area contributed by atoms with Crippen molar-refractivity contribution >= 4 is 35.8 Å². The van der Waals surface area contributed by atoms with Crippen LogP contribution in [0, 0.1) is 0 Å². The van der Waals surface area contributed by atoms with Crippen LogP contribution in [0.5, 0.6) is 0 Å². The first kappa shape index (κ1) is 41.6. The van der Waals surface area contributed by atoms with Crippen molar-refractivity contribution in [2.24, 2.45) is 0 Å². The summed E-state index contributed by atoms with van der Waals surface area (Å²) >= 11 is 0. The lowest BCUT2D eigenvalue weighted by Crippen LogP contribution is -2.55. The molecule has 0 aliphatic carbocycles. The molecule has 1 rings (SSSR count). The molecule has 0 radical (unpaired) electrons. The van der Waals surface area contributed by atoms with Crippen LogP contribution in [0.2, 0.25) is 0 Å². The van der Waals surface area contributed by atoms with Gasteiger partial charge in [-0.25, -0.2) is 4.79 Å².